The van der Waals surface area contributed by atoms with Gasteiger partial charge in [0.1, 0.15) is 0 Å². The van der Waals surface area contributed by atoms with Crippen molar-refractivity contribution in [2.75, 3.05) is 25.4 Å². The number of piperidine rings is 1. The molecule has 0 aliphatic carbocycles. The van der Waals surface area contributed by atoms with Crippen LogP contribution in [0.15, 0.2) is 29.3 Å². The van der Waals surface area contributed by atoms with Gasteiger partial charge in [-0.1, -0.05) is 12.1 Å². The van der Waals surface area contributed by atoms with Gasteiger partial charge in [0.15, 0.2) is 5.96 Å². The summed E-state index contributed by atoms with van der Waals surface area (Å²) in [6.45, 7) is 6.05. The fourth-order valence-corrected chi connectivity index (χ4v) is 3.96. The normalized spacial score (nSPS) is 16.9. The first-order valence-corrected chi connectivity index (χ1v) is 10.6. The van der Waals surface area contributed by atoms with Crippen LogP contribution in [0.5, 0.6) is 0 Å². The number of sulfonamides is 1. The van der Waals surface area contributed by atoms with Crippen LogP contribution in [0.4, 0.5) is 0 Å². The molecule has 142 valence electrons. The first kappa shape index (κ1) is 20.2. The first-order chi connectivity index (χ1) is 12.5. The molecule has 1 aliphatic rings. The van der Waals surface area contributed by atoms with Gasteiger partial charge < -0.3 is 10.6 Å². The molecule has 1 saturated heterocycles. The molecular weight excluding hydrogens is 350 g/mol. The lowest BCUT2D eigenvalue weighted by Crippen LogP contribution is -2.50. The van der Waals surface area contributed by atoms with E-state index in [0.29, 0.717) is 25.2 Å². The van der Waals surface area contributed by atoms with Crippen molar-refractivity contribution in [3.8, 4) is 6.07 Å². The average molecular weight is 378 g/mol. The van der Waals surface area contributed by atoms with Crippen molar-refractivity contribution >= 4 is 16.0 Å². The van der Waals surface area contributed by atoms with Crippen LogP contribution in [0.1, 0.15) is 37.8 Å². The molecule has 1 aliphatic heterocycles. The van der Waals surface area contributed by atoms with Gasteiger partial charge in [0.05, 0.1) is 23.9 Å². The molecule has 1 fully saturated rings. The van der Waals surface area contributed by atoms with Gasteiger partial charge in [-0.2, -0.15) is 5.26 Å². The van der Waals surface area contributed by atoms with Crippen molar-refractivity contribution in [2.45, 2.75) is 39.3 Å². The summed E-state index contributed by atoms with van der Waals surface area (Å²) in [6.07, 6.45) is 1.53. The van der Waals surface area contributed by atoms with Crippen LogP contribution in [-0.2, 0) is 16.6 Å². The topological polar surface area (TPSA) is 97.6 Å². The number of guanidine groups is 1. The Morgan fingerprint density at radius 1 is 1.27 bits per heavy atom. The van der Waals surface area contributed by atoms with E-state index in [0.717, 1.165) is 30.9 Å². The number of nitriles is 1. The average Bonchev–Trinajstić information content (AvgIpc) is 2.67. The molecule has 8 heteroatoms. The van der Waals surface area contributed by atoms with Crippen molar-refractivity contribution < 1.29 is 8.42 Å². The Kier molecular flexibility index (Phi) is 7.42. The molecule has 1 heterocycles. The van der Waals surface area contributed by atoms with E-state index < -0.39 is 10.0 Å². The van der Waals surface area contributed by atoms with E-state index in [1.807, 2.05) is 19.1 Å². The smallest absolute Gasteiger partial charge is 0.213 e. The van der Waals surface area contributed by atoms with Gasteiger partial charge in [-0.15, -0.1) is 0 Å². The van der Waals surface area contributed by atoms with E-state index in [1.165, 1.54) is 0 Å². The molecule has 0 bridgehead atoms. The monoisotopic (exact) mass is 377 g/mol. The number of nitrogens with zero attached hydrogens (tertiary/aromatic N) is 3. The third-order valence-corrected chi connectivity index (χ3v) is 6.28. The van der Waals surface area contributed by atoms with Crippen LogP contribution in [0, 0.1) is 11.3 Å². The van der Waals surface area contributed by atoms with Crippen molar-refractivity contribution in [1.29, 1.82) is 5.26 Å². The molecule has 7 nitrogen and oxygen atoms in total. The van der Waals surface area contributed by atoms with E-state index in [4.69, 9.17) is 5.26 Å². The summed E-state index contributed by atoms with van der Waals surface area (Å²) in [5.41, 5.74) is 1.67. The number of nitrogens with one attached hydrogen (secondary N) is 2. The maximum absolute atomic E-state index is 11.9. The van der Waals surface area contributed by atoms with E-state index in [2.05, 4.69) is 21.7 Å². The van der Waals surface area contributed by atoms with Gasteiger partial charge in [0.25, 0.3) is 0 Å². The van der Waals surface area contributed by atoms with Crippen LogP contribution in [0.25, 0.3) is 0 Å². The molecule has 0 amide bonds. The standard InChI is InChI=1S/C18H27N5O2S/c1-3-20-18(21-14-16-7-5-15(13-19)6-8-16)22-17-9-11-23(12-10-17)26(24,25)4-2/h5-8,17H,3-4,9-12,14H2,1-2H3,(H2,20,21,22). The highest BCUT2D eigenvalue weighted by atomic mass is 32.2. The number of hydrogen-bond acceptors (Lipinski definition) is 4. The molecule has 0 atom stereocenters. The summed E-state index contributed by atoms with van der Waals surface area (Å²) in [5.74, 6) is 0.883. The van der Waals surface area contributed by atoms with Crippen molar-refractivity contribution in [3.05, 3.63) is 35.4 Å². The van der Waals surface area contributed by atoms with Crippen LogP contribution in [0.3, 0.4) is 0 Å². The highest BCUT2D eigenvalue weighted by Gasteiger charge is 2.26. The summed E-state index contributed by atoms with van der Waals surface area (Å²) in [7, 11) is -3.10. The van der Waals surface area contributed by atoms with E-state index in [-0.39, 0.29) is 11.8 Å². The summed E-state index contributed by atoms with van der Waals surface area (Å²) in [5, 5.41) is 15.5. The predicted octanol–water partition coefficient (Wildman–Crippen LogP) is 1.43. The zero-order valence-corrected chi connectivity index (χ0v) is 16.2. The minimum absolute atomic E-state index is 0.153. The van der Waals surface area contributed by atoms with Gasteiger partial charge in [0, 0.05) is 25.7 Å². The molecule has 1 aromatic carbocycles. The van der Waals surface area contributed by atoms with Crippen LogP contribution < -0.4 is 10.6 Å². The van der Waals surface area contributed by atoms with Gasteiger partial charge in [-0.05, 0) is 44.4 Å². The molecule has 0 spiro atoms. The fourth-order valence-electron chi connectivity index (χ4n) is 2.83. The van der Waals surface area contributed by atoms with Gasteiger partial charge in [-0.3, -0.25) is 0 Å². The Morgan fingerprint density at radius 2 is 1.92 bits per heavy atom. The van der Waals surface area contributed by atoms with Gasteiger partial charge in [0.2, 0.25) is 10.0 Å². The zero-order valence-electron chi connectivity index (χ0n) is 15.4. The van der Waals surface area contributed by atoms with Crippen molar-refractivity contribution in [2.24, 2.45) is 4.99 Å². The number of hydrogen-bond donors (Lipinski definition) is 2. The number of benzene rings is 1. The quantitative estimate of drug-likeness (QED) is 0.577. The lowest BCUT2D eigenvalue weighted by Gasteiger charge is -2.32. The third-order valence-electron chi connectivity index (χ3n) is 4.40. The number of aliphatic imine (C=N–C) groups is 1. The molecule has 0 saturated carbocycles. The predicted molar refractivity (Wildman–Crippen MR) is 103 cm³/mol. The minimum atomic E-state index is -3.10. The van der Waals surface area contributed by atoms with Crippen LogP contribution >= 0.6 is 0 Å². The Hall–Kier alpha value is -2.11. The molecule has 0 unspecified atom stereocenters. The van der Waals surface area contributed by atoms with E-state index >= 15 is 0 Å². The van der Waals surface area contributed by atoms with Crippen molar-refractivity contribution in [3.63, 3.8) is 0 Å². The summed E-state index contributed by atoms with van der Waals surface area (Å²) in [4.78, 5) is 4.60. The largest absolute Gasteiger partial charge is 0.357 e. The Bertz CT molecular complexity index is 745. The molecule has 0 radical (unpaired) electrons. The second-order valence-electron chi connectivity index (χ2n) is 6.22. The number of rotatable bonds is 6. The Morgan fingerprint density at radius 3 is 2.46 bits per heavy atom. The molecule has 2 rings (SSSR count). The SMILES string of the molecule is CCNC(=NCc1ccc(C#N)cc1)NC1CCN(S(=O)(=O)CC)CC1. The molecule has 26 heavy (non-hydrogen) atoms. The molecule has 2 N–H and O–H groups in total. The highest BCUT2D eigenvalue weighted by Crippen LogP contribution is 2.14. The van der Waals surface area contributed by atoms with Crippen LogP contribution in [0.2, 0.25) is 0 Å². The summed E-state index contributed by atoms with van der Waals surface area (Å²) < 4.78 is 25.5. The summed E-state index contributed by atoms with van der Waals surface area (Å²) >= 11 is 0. The highest BCUT2D eigenvalue weighted by molar-refractivity contribution is 7.89. The molecule has 0 aromatic heterocycles. The van der Waals surface area contributed by atoms with Crippen molar-refractivity contribution in [1.82, 2.24) is 14.9 Å². The van der Waals surface area contributed by atoms with E-state index in [9.17, 15) is 8.42 Å². The fraction of sp³-hybridized carbons (Fsp3) is 0.556. The lowest BCUT2D eigenvalue weighted by molar-refractivity contribution is 0.306. The van der Waals surface area contributed by atoms with Gasteiger partial charge >= 0.3 is 0 Å². The van der Waals surface area contributed by atoms with Crippen LogP contribution in [-0.4, -0.2) is 50.1 Å². The third kappa shape index (κ3) is 5.71. The second-order valence-corrected chi connectivity index (χ2v) is 8.48. The Balaban J connectivity index is 1.92. The molecule has 1 aromatic rings. The molecular formula is C18H27N5O2S. The minimum Gasteiger partial charge on any atom is -0.357 e. The Labute approximate surface area is 156 Å². The second kappa shape index (κ2) is 9.55. The van der Waals surface area contributed by atoms with Gasteiger partial charge in [-0.25, -0.2) is 17.7 Å². The summed E-state index contributed by atoms with van der Waals surface area (Å²) in [6, 6.07) is 9.69. The lowest BCUT2D eigenvalue weighted by atomic mass is 10.1. The van der Waals surface area contributed by atoms with E-state index in [1.54, 1.807) is 23.4 Å². The zero-order chi connectivity index (χ0) is 19.0. The maximum atomic E-state index is 11.9. The maximum Gasteiger partial charge on any atom is 0.213 e. The first-order valence-electron chi connectivity index (χ1n) is 9.00.